The van der Waals surface area contributed by atoms with Gasteiger partial charge in [-0.2, -0.15) is 0 Å². The minimum atomic E-state index is -0.187. The van der Waals surface area contributed by atoms with Gasteiger partial charge in [-0.05, 0) is 75.3 Å². The van der Waals surface area contributed by atoms with E-state index in [-0.39, 0.29) is 5.41 Å². The molecule has 0 atom stereocenters. The second-order valence-corrected chi connectivity index (χ2v) is 13.0. The summed E-state index contributed by atoms with van der Waals surface area (Å²) in [7, 11) is 0. The third-order valence-electron chi connectivity index (χ3n) is 9.88. The number of para-hydroxylation sites is 1. The molecule has 9 rings (SSSR count). The van der Waals surface area contributed by atoms with Crippen molar-refractivity contribution in [3.05, 3.63) is 175 Å². The molecule has 0 saturated heterocycles. The first-order chi connectivity index (χ1) is 23.1. The molecule has 8 aromatic rings. The summed E-state index contributed by atoms with van der Waals surface area (Å²) in [5, 5.41) is 2.25. The van der Waals surface area contributed by atoms with Gasteiger partial charge in [0.05, 0.1) is 11.1 Å². The van der Waals surface area contributed by atoms with Gasteiger partial charge in [0.15, 0.2) is 0 Å². The van der Waals surface area contributed by atoms with Crippen molar-refractivity contribution in [2.24, 2.45) is 0 Å². The lowest BCUT2D eigenvalue weighted by Gasteiger charge is -2.29. The van der Waals surface area contributed by atoms with Crippen molar-refractivity contribution in [2.75, 3.05) is 4.90 Å². The van der Waals surface area contributed by atoms with Crippen molar-refractivity contribution in [2.45, 2.75) is 19.3 Å². The summed E-state index contributed by atoms with van der Waals surface area (Å²) in [5.74, 6) is 0. The zero-order valence-electron chi connectivity index (χ0n) is 26.4. The molecular weight excluding hydrogens is 571 g/mol. The molecular formula is C45H33NO. The molecule has 0 spiro atoms. The number of benzene rings is 7. The molecule has 1 aromatic heterocycles. The van der Waals surface area contributed by atoms with Gasteiger partial charge in [0.1, 0.15) is 11.2 Å². The standard InChI is InChI=1S/C45H33NO/c1-45(2)38-19-11-9-17-36(38)42-39(45)29-40(43-37-18-10-12-20-41(37)47-44(42)43)46(34-25-21-32(22-26-34)30-13-5-3-6-14-30)35-27-23-33(24-28-35)31-15-7-4-8-16-31/h3-29H,1-2H3. The van der Waals surface area contributed by atoms with Crippen LogP contribution in [0, 0.1) is 0 Å². The maximum Gasteiger partial charge on any atom is 0.145 e. The highest BCUT2D eigenvalue weighted by atomic mass is 16.3. The van der Waals surface area contributed by atoms with Crippen LogP contribution in [0.15, 0.2) is 168 Å². The maximum absolute atomic E-state index is 6.84. The monoisotopic (exact) mass is 603 g/mol. The molecule has 2 heteroatoms. The van der Waals surface area contributed by atoms with Gasteiger partial charge in [0, 0.05) is 27.7 Å². The molecule has 0 unspecified atom stereocenters. The van der Waals surface area contributed by atoms with Crippen LogP contribution in [0.25, 0.3) is 55.3 Å². The summed E-state index contributed by atoms with van der Waals surface area (Å²) in [6, 6.07) is 58.7. The van der Waals surface area contributed by atoms with Gasteiger partial charge in [-0.25, -0.2) is 0 Å². The van der Waals surface area contributed by atoms with E-state index in [0.29, 0.717) is 0 Å². The van der Waals surface area contributed by atoms with Crippen molar-refractivity contribution >= 4 is 39.0 Å². The van der Waals surface area contributed by atoms with Crippen LogP contribution < -0.4 is 4.90 Å². The Morgan fingerprint density at radius 1 is 0.489 bits per heavy atom. The average molecular weight is 604 g/mol. The molecule has 1 aliphatic carbocycles. The summed E-state index contributed by atoms with van der Waals surface area (Å²) in [6.45, 7) is 4.67. The molecule has 0 fully saturated rings. The van der Waals surface area contributed by atoms with Gasteiger partial charge in [-0.15, -0.1) is 0 Å². The van der Waals surface area contributed by atoms with Crippen LogP contribution in [0.4, 0.5) is 17.1 Å². The fourth-order valence-electron chi connectivity index (χ4n) is 7.50. The second kappa shape index (κ2) is 10.6. The molecule has 0 amide bonds. The molecule has 0 bridgehead atoms. The topological polar surface area (TPSA) is 16.4 Å². The molecule has 224 valence electrons. The van der Waals surface area contributed by atoms with Crippen LogP contribution in [-0.4, -0.2) is 0 Å². The van der Waals surface area contributed by atoms with Crippen LogP contribution in [-0.2, 0) is 5.41 Å². The SMILES string of the molecule is CC1(C)c2ccccc2-c2c1cc(N(c1ccc(-c3ccccc3)cc1)c1ccc(-c3ccccc3)cc1)c1c2oc2ccccc21. The predicted octanol–water partition coefficient (Wildman–Crippen LogP) is 12.7. The average Bonchev–Trinajstić information content (AvgIpc) is 3.63. The van der Waals surface area contributed by atoms with Gasteiger partial charge in [-0.1, -0.05) is 141 Å². The van der Waals surface area contributed by atoms with Gasteiger partial charge in [0.25, 0.3) is 0 Å². The van der Waals surface area contributed by atoms with Gasteiger partial charge in [0.2, 0.25) is 0 Å². The quantitative estimate of drug-likeness (QED) is 0.195. The van der Waals surface area contributed by atoms with Crippen LogP contribution in [0.5, 0.6) is 0 Å². The first kappa shape index (κ1) is 27.5. The highest BCUT2D eigenvalue weighted by Crippen LogP contribution is 2.56. The summed E-state index contributed by atoms with van der Waals surface area (Å²) in [5.41, 5.74) is 14.8. The lowest BCUT2D eigenvalue weighted by molar-refractivity contribution is 0.653. The van der Waals surface area contributed by atoms with Crippen molar-refractivity contribution in [1.82, 2.24) is 0 Å². The van der Waals surface area contributed by atoms with Crippen molar-refractivity contribution < 1.29 is 4.42 Å². The van der Waals surface area contributed by atoms with Gasteiger partial charge < -0.3 is 9.32 Å². The van der Waals surface area contributed by atoms with Crippen molar-refractivity contribution in [3.63, 3.8) is 0 Å². The number of furan rings is 1. The summed E-state index contributed by atoms with van der Waals surface area (Å²) in [4.78, 5) is 2.41. The minimum Gasteiger partial charge on any atom is -0.455 e. The lowest BCUT2D eigenvalue weighted by Crippen LogP contribution is -2.17. The van der Waals surface area contributed by atoms with Crippen molar-refractivity contribution in [3.8, 4) is 33.4 Å². The van der Waals surface area contributed by atoms with E-state index < -0.39 is 0 Å². The van der Waals surface area contributed by atoms with E-state index in [4.69, 9.17) is 4.42 Å². The van der Waals surface area contributed by atoms with E-state index in [1.807, 2.05) is 0 Å². The smallest absolute Gasteiger partial charge is 0.145 e. The van der Waals surface area contributed by atoms with E-state index in [1.165, 1.54) is 44.5 Å². The number of rotatable bonds is 5. The highest BCUT2D eigenvalue weighted by molar-refractivity contribution is 6.18. The highest BCUT2D eigenvalue weighted by Gasteiger charge is 2.39. The molecule has 0 aliphatic heterocycles. The van der Waals surface area contributed by atoms with Gasteiger partial charge in [-0.3, -0.25) is 0 Å². The number of hydrogen-bond donors (Lipinski definition) is 0. The molecule has 47 heavy (non-hydrogen) atoms. The molecule has 0 saturated carbocycles. The maximum atomic E-state index is 6.84. The molecule has 0 N–H and O–H groups in total. The number of anilines is 3. The normalized spacial score (nSPS) is 13.1. The Labute approximate surface area is 275 Å². The second-order valence-electron chi connectivity index (χ2n) is 13.0. The lowest BCUT2D eigenvalue weighted by atomic mass is 9.82. The first-order valence-corrected chi connectivity index (χ1v) is 16.3. The number of nitrogens with zero attached hydrogens (tertiary/aromatic N) is 1. The van der Waals surface area contributed by atoms with E-state index >= 15 is 0 Å². The fraction of sp³-hybridized carbons (Fsp3) is 0.0667. The third kappa shape index (κ3) is 4.33. The Hall–Kier alpha value is -5.86. The molecule has 1 heterocycles. The Morgan fingerprint density at radius 3 is 1.62 bits per heavy atom. The number of hydrogen-bond acceptors (Lipinski definition) is 2. The molecule has 2 nitrogen and oxygen atoms in total. The molecule has 1 aliphatic rings. The van der Waals surface area contributed by atoms with E-state index in [9.17, 15) is 0 Å². The summed E-state index contributed by atoms with van der Waals surface area (Å²) >= 11 is 0. The van der Waals surface area contributed by atoms with E-state index in [0.717, 1.165) is 39.0 Å². The van der Waals surface area contributed by atoms with Gasteiger partial charge >= 0.3 is 0 Å². The molecule has 0 radical (unpaired) electrons. The largest absolute Gasteiger partial charge is 0.455 e. The summed E-state index contributed by atoms with van der Waals surface area (Å²) < 4.78 is 6.84. The van der Waals surface area contributed by atoms with E-state index in [2.05, 4.69) is 183 Å². The van der Waals surface area contributed by atoms with Crippen molar-refractivity contribution in [1.29, 1.82) is 0 Å². The third-order valence-corrected chi connectivity index (χ3v) is 9.88. The van der Waals surface area contributed by atoms with E-state index in [1.54, 1.807) is 0 Å². The summed E-state index contributed by atoms with van der Waals surface area (Å²) in [6.07, 6.45) is 0. The van der Waals surface area contributed by atoms with Crippen LogP contribution in [0.2, 0.25) is 0 Å². The first-order valence-electron chi connectivity index (χ1n) is 16.3. The molecule has 7 aromatic carbocycles. The number of fused-ring (bicyclic) bond motifs is 7. The zero-order valence-corrected chi connectivity index (χ0v) is 26.4. The van der Waals surface area contributed by atoms with Crippen LogP contribution in [0.1, 0.15) is 25.0 Å². The predicted molar refractivity (Wildman–Crippen MR) is 197 cm³/mol. The Kier molecular flexibility index (Phi) is 6.20. The zero-order chi connectivity index (χ0) is 31.5. The van der Waals surface area contributed by atoms with Crippen LogP contribution >= 0.6 is 0 Å². The fourth-order valence-corrected chi connectivity index (χ4v) is 7.50. The Bertz CT molecular complexity index is 2320. The minimum absolute atomic E-state index is 0.187. The Balaban J connectivity index is 1.32. The Morgan fingerprint density at radius 2 is 1.00 bits per heavy atom. The van der Waals surface area contributed by atoms with Crippen LogP contribution in [0.3, 0.4) is 0 Å².